The van der Waals surface area contributed by atoms with Gasteiger partial charge in [-0.3, -0.25) is 19.3 Å². The first-order valence-corrected chi connectivity index (χ1v) is 18.4. The minimum atomic E-state index is -0.571. The Morgan fingerprint density at radius 3 is 2.45 bits per heavy atom. The highest BCUT2D eigenvalue weighted by Gasteiger charge is 2.64. The molecule has 8 nitrogen and oxygen atoms in total. The van der Waals surface area contributed by atoms with Crippen molar-refractivity contribution in [1.82, 2.24) is 19.7 Å². The van der Waals surface area contributed by atoms with Crippen molar-refractivity contribution in [1.29, 1.82) is 0 Å². The SMILES string of the molecule is C[C@]12C[C@H](N3CCN(C(=O)[C@@H]4CCCN4C(=O)c4ccc5ccccc5n4)CC3)C(=O)C[C@@H]1CC[C@@H]1[C@@H]2CC[C@@]2(C)[C@H]1CC[C@]2(C)O. The number of aliphatic hydroxyl groups is 1. The van der Waals surface area contributed by atoms with Crippen molar-refractivity contribution in [3.8, 4) is 0 Å². The van der Waals surface area contributed by atoms with Crippen molar-refractivity contribution in [3.63, 3.8) is 0 Å². The normalized spacial score (nSPS) is 40.6. The molecule has 0 radical (unpaired) electrons. The van der Waals surface area contributed by atoms with Gasteiger partial charge in [-0.25, -0.2) is 4.98 Å². The zero-order valence-electron chi connectivity index (χ0n) is 28.5. The lowest BCUT2D eigenvalue weighted by Crippen LogP contribution is -2.62. The number of rotatable bonds is 3. The molecule has 252 valence electrons. The van der Waals surface area contributed by atoms with Crippen LogP contribution in [0.25, 0.3) is 10.9 Å². The number of benzene rings is 1. The highest BCUT2D eigenvalue weighted by Crippen LogP contribution is 2.68. The summed E-state index contributed by atoms with van der Waals surface area (Å²) in [5, 5.41) is 12.3. The van der Waals surface area contributed by atoms with Crippen LogP contribution < -0.4 is 0 Å². The topological polar surface area (TPSA) is 94.0 Å². The number of carbonyl (C=O) groups is 3. The summed E-state index contributed by atoms with van der Waals surface area (Å²) in [5.41, 5.74) is 0.758. The number of piperazine rings is 1. The van der Waals surface area contributed by atoms with E-state index < -0.39 is 11.6 Å². The van der Waals surface area contributed by atoms with Crippen molar-refractivity contribution < 1.29 is 19.5 Å². The molecule has 6 fully saturated rings. The van der Waals surface area contributed by atoms with Gasteiger partial charge in [-0.2, -0.15) is 0 Å². The molecule has 4 aliphatic carbocycles. The Kier molecular flexibility index (Phi) is 7.60. The molecule has 4 saturated carbocycles. The van der Waals surface area contributed by atoms with Crippen LogP contribution in [0.2, 0.25) is 0 Å². The molecule has 2 aromatic rings. The van der Waals surface area contributed by atoms with Gasteiger partial charge in [0, 0.05) is 44.5 Å². The molecule has 1 N–H and O–H groups in total. The number of Topliss-reactive ketones (excluding diaryl/α,β-unsaturated/α-hetero) is 1. The van der Waals surface area contributed by atoms with E-state index >= 15 is 0 Å². The van der Waals surface area contributed by atoms with E-state index in [2.05, 4.69) is 30.7 Å². The van der Waals surface area contributed by atoms with Crippen LogP contribution in [0.4, 0.5) is 0 Å². The molecule has 1 aromatic carbocycles. The lowest BCUT2D eigenvalue weighted by Gasteiger charge is -2.62. The summed E-state index contributed by atoms with van der Waals surface area (Å²) in [7, 11) is 0. The van der Waals surface area contributed by atoms with Crippen molar-refractivity contribution >= 4 is 28.5 Å². The van der Waals surface area contributed by atoms with Crippen LogP contribution in [0, 0.1) is 34.5 Å². The number of hydrogen-bond donors (Lipinski definition) is 1. The van der Waals surface area contributed by atoms with Crippen LogP contribution in [-0.4, -0.2) is 92.8 Å². The highest BCUT2D eigenvalue weighted by molar-refractivity contribution is 5.98. The zero-order valence-corrected chi connectivity index (χ0v) is 28.5. The van der Waals surface area contributed by atoms with Crippen LogP contribution in [0.1, 0.15) is 95.5 Å². The maximum atomic E-state index is 13.9. The van der Waals surface area contributed by atoms with Gasteiger partial charge in [0.25, 0.3) is 5.91 Å². The smallest absolute Gasteiger partial charge is 0.273 e. The van der Waals surface area contributed by atoms with Crippen LogP contribution in [0.3, 0.4) is 0 Å². The van der Waals surface area contributed by atoms with Crippen LogP contribution >= 0.6 is 0 Å². The van der Waals surface area contributed by atoms with Gasteiger partial charge in [0.1, 0.15) is 17.5 Å². The van der Waals surface area contributed by atoms with E-state index in [4.69, 9.17) is 0 Å². The van der Waals surface area contributed by atoms with Gasteiger partial charge in [-0.1, -0.05) is 38.1 Å². The third-order valence-corrected chi connectivity index (χ3v) is 14.8. The second kappa shape index (κ2) is 11.4. The minimum Gasteiger partial charge on any atom is -0.390 e. The first-order valence-electron chi connectivity index (χ1n) is 18.4. The Labute approximate surface area is 279 Å². The van der Waals surface area contributed by atoms with E-state index in [9.17, 15) is 19.5 Å². The fourth-order valence-electron chi connectivity index (χ4n) is 11.7. The van der Waals surface area contributed by atoms with Crippen LogP contribution in [-0.2, 0) is 9.59 Å². The van der Waals surface area contributed by atoms with E-state index in [1.54, 1.807) is 11.0 Å². The first kappa shape index (κ1) is 31.4. The molecule has 2 aliphatic heterocycles. The molecular formula is C39H52N4O4. The molecule has 47 heavy (non-hydrogen) atoms. The molecule has 1 aromatic heterocycles. The number of hydrogen-bond acceptors (Lipinski definition) is 6. The van der Waals surface area contributed by atoms with Gasteiger partial charge in [0.2, 0.25) is 5.91 Å². The molecule has 9 atom stereocenters. The van der Waals surface area contributed by atoms with Crippen molar-refractivity contribution in [2.75, 3.05) is 32.7 Å². The predicted molar refractivity (Wildman–Crippen MR) is 180 cm³/mol. The molecule has 3 heterocycles. The van der Waals surface area contributed by atoms with E-state index in [1.165, 1.54) is 6.42 Å². The summed E-state index contributed by atoms with van der Waals surface area (Å²) in [6.45, 7) is 10.1. The third-order valence-electron chi connectivity index (χ3n) is 14.8. The number of ketones is 1. The van der Waals surface area contributed by atoms with E-state index in [-0.39, 0.29) is 28.7 Å². The number of pyridine rings is 1. The predicted octanol–water partition coefficient (Wildman–Crippen LogP) is 5.32. The summed E-state index contributed by atoms with van der Waals surface area (Å²) in [5.74, 6) is 2.57. The summed E-state index contributed by atoms with van der Waals surface area (Å²) < 4.78 is 0. The number of fused-ring (bicyclic) bond motifs is 6. The summed E-state index contributed by atoms with van der Waals surface area (Å²) in [6.07, 6.45) is 9.74. The Hall–Kier alpha value is -2.84. The number of aromatic nitrogens is 1. The summed E-state index contributed by atoms with van der Waals surface area (Å²) in [4.78, 5) is 51.8. The van der Waals surface area contributed by atoms with Crippen molar-refractivity contribution in [2.45, 2.75) is 103 Å². The molecule has 2 saturated heterocycles. The van der Waals surface area contributed by atoms with Gasteiger partial charge in [-0.05, 0) is 111 Å². The van der Waals surface area contributed by atoms with Crippen molar-refractivity contribution in [2.24, 2.45) is 34.5 Å². The van der Waals surface area contributed by atoms with E-state index in [0.717, 1.165) is 55.8 Å². The first-order chi connectivity index (χ1) is 22.5. The van der Waals surface area contributed by atoms with Gasteiger partial charge in [0.05, 0.1) is 17.2 Å². The molecular weight excluding hydrogens is 588 g/mol. The Balaban J connectivity index is 0.926. The highest BCUT2D eigenvalue weighted by atomic mass is 16.3. The van der Waals surface area contributed by atoms with Crippen molar-refractivity contribution in [3.05, 3.63) is 42.1 Å². The van der Waals surface area contributed by atoms with Crippen LogP contribution in [0.5, 0.6) is 0 Å². The van der Waals surface area contributed by atoms with Gasteiger partial charge < -0.3 is 14.9 Å². The maximum Gasteiger partial charge on any atom is 0.273 e. The van der Waals surface area contributed by atoms with Gasteiger partial charge in [0.15, 0.2) is 0 Å². The molecule has 0 bridgehead atoms. The number of likely N-dealkylation sites (tertiary alicyclic amines) is 1. The number of amides is 2. The molecule has 2 amide bonds. The van der Waals surface area contributed by atoms with Crippen LogP contribution in [0.15, 0.2) is 36.4 Å². The molecule has 0 spiro atoms. The fraction of sp³-hybridized carbons (Fsp3) is 0.692. The lowest BCUT2D eigenvalue weighted by atomic mass is 9.44. The fourth-order valence-corrected chi connectivity index (χ4v) is 11.7. The Bertz CT molecular complexity index is 1580. The maximum absolute atomic E-state index is 13.9. The number of carbonyl (C=O) groups excluding carboxylic acids is 3. The van der Waals surface area contributed by atoms with E-state index in [0.29, 0.717) is 80.7 Å². The van der Waals surface area contributed by atoms with E-state index in [1.807, 2.05) is 35.2 Å². The zero-order chi connectivity index (χ0) is 32.7. The Morgan fingerprint density at radius 2 is 1.64 bits per heavy atom. The Morgan fingerprint density at radius 1 is 0.872 bits per heavy atom. The quantitative estimate of drug-likeness (QED) is 0.488. The molecule has 8 rings (SSSR count). The summed E-state index contributed by atoms with van der Waals surface area (Å²) >= 11 is 0. The monoisotopic (exact) mass is 640 g/mol. The van der Waals surface area contributed by atoms with Gasteiger partial charge in [-0.15, -0.1) is 0 Å². The molecule has 8 heteroatoms. The summed E-state index contributed by atoms with van der Waals surface area (Å²) in [6, 6.07) is 10.9. The average molecular weight is 641 g/mol. The average Bonchev–Trinajstić information content (AvgIpc) is 3.66. The lowest BCUT2D eigenvalue weighted by molar-refractivity contribution is -0.162. The largest absolute Gasteiger partial charge is 0.390 e. The third kappa shape index (κ3) is 4.90. The van der Waals surface area contributed by atoms with Gasteiger partial charge >= 0.3 is 0 Å². The molecule has 0 unspecified atom stereocenters. The second-order valence-corrected chi connectivity index (χ2v) is 16.7. The minimum absolute atomic E-state index is 0.00954. The molecule has 6 aliphatic rings. The number of para-hydroxylation sites is 1. The number of nitrogens with zero attached hydrogens (tertiary/aromatic N) is 4. The standard InChI is InChI=1S/C39H52N4O4/c1-37-24-33(34(44)23-26(37)11-12-27-28(37)14-16-38(2)29(27)15-17-39(38,3)47)41-19-21-42(22-20-41)36(46)32-9-6-18-43(32)35(45)31-13-10-25-7-4-5-8-30(25)40-31/h4-5,7-8,10,13,26-29,32-33,47H,6,9,11-12,14-24H2,1-3H3/t26-,27+,28-,29-,32-,33-,37-,38-,39-/m0/s1. The second-order valence-electron chi connectivity index (χ2n) is 16.7.